The second-order valence-corrected chi connectivity index (χ2v) is 6.23. The standard InChI is InChI=1S/C18H20BrNO4/c1-3-6-22-18-14(19)7-12(8-17(18)21-2)10-20-13-4-5-15-16(9-13)24-11-23-15/h4-5,7-9,20H,3,6,10-11H2,1-2H3. The van der Waals surface area contributed by atoms with E-state index >= 15 is 0 Å². The highest BCUT2D eigenvalue weighted by Crippen LogP contribution is 2.37. The van der Waals surface area contributed by atoms with Crippen LogP contribution in [0, 0.1) is 0 Å². The van der Waals surface area contributed by atoms with Crippen molar-refractivity contribution in [3.63, 3.8) is 0 Å². The number of halogens is 1. The van der Waals surface area contributed by atoms with Crippen LogP contribution in [0.25, 0.3) is 0 Å². The van der Waals surface area contributed by atoms with E-state index < -0.39 is 0 Å². The predicted octanol–water partition coefficient (Wildman–Crippen LogP) is 4.59. The zero-order valence-electron chi connectivity index (χ0n) is 13.7. The Morgan fingerprint density at radius 2 is 2.00 bits per heavy atom. The molecular weight excluding hydrogens is 374 g/mol. The molecule has 0 bridgehead atoms. The summed E-state index contributed by atoms with van der Waals surface area (Å²) in [5, 5.41) is 3.38. The first kappa shape index (κ1) is 16.8. The highest BCUT2D eigenvalue weighted by Gasteiger charge is 2.14. The van der Waals surface area contributed by atoms with Gasteiger partial charge in [-0.15, -0.1) is 0 Å². The van der Waals surface area contributed by atoms with E-state index in [2.05, 4.69) is 28.2 Å². The van der Waals surface area contributed by atoms with Gasteiger partial charge in [-0.05, 0) is 52.2 Å². The number of ether oxygens (including phenoxy) is 4. The SMILES string of the molecule is CCCOc1c(Br)cc(CNc2ccc3c(c2)OCO3)cc1OC. The van der Waals surface area contributed by atoms with Crippen molar-refractivity contribution in [1.29, 1.82) is 0 Å². The van der Waals surface area contributed by atoms with Gasteiger partial charge < -0.3 is 24.3 Å². The van der Waals surface area contributed by atoms with E-state index in [1.807, 2.05) is 30.3 Å². The summed E-state index contributed by atoms with van der Waals surface area (Å²) in [6.07, 6.45) is 0.947. The van der Waals surface area contributed by atoms with Gasteiger partial charge in [0.15, 0.2) is 23.0 Å². The summed E-state index contributed by atoms with van der Waals surface area (Å²) in [5.74, 6) is 3.01. The lowest BCUT2D eigenvalue weighted by Gasteiger charge is -2.15. The molecule has 3 rings (SSSR count). The molecule has 0 aromatic heterocycles. The first-order chi connectivity index (χ1) is 11.7. The molecule has 0 saturated carbocycles. The topological polar surface area (TPSA) is 49.0 Å². The van der Waals surface area contributed by atoms with E-state index in [9.17, 15) is 0 Å². The van der Waals surface area contributed by atoms with Crippen LogP contribution in [-0.2, 0) is 6.54 Å². The minimum Gasteiger partial charge on any atom is -0.493 e. The van der Waals surface area contributed by atoms with Crippen LogP contribution >= 0.6 is 15.9 Å². The summed E-state index contributed by atoms with van der Waals surface area (Å²) in [7, 11) is 1.65. The number of hydrogen-bond acceptors (Lipinski definition) is 5. The molecule has 0 aliphatic carbocycles. The lowest BCUT2D eigenvalue weighted by atomic mass is 10.2. The summed E-state index contributed by atoms with van der Waals surface area (Å²) in [6.45, 7) is 3.67. The number of methoxy groups -OCH3 is 1. The maximum atomic E-state index is 5.75. The first-order valence-corrected chi connectivity index (χ1v) is 8.63. The Balaban J connectivity index is 1.72. The fourth-order valence-electron chi connectivity index (χ4n) is 2.43. The van der Waals surface area contributed by atoms with Crippen LogP contribution in [0.15, 0.2) is 34.8 Å². The number of benzene rings is 2. The van der Waals surface area contributed by atoms with E-state index in [4.69, 9.17) is 18.9 Å². The number of anilines is 1. The minimum atomic E-state index is 0.280. The van der Waals surface area contributed by atoms with Crippen molar-refractivity contribution in [3.05, 3.63) is 40.4 Å². The van der Waals surface area contributed by atoms with Crippen molar-refractivity contribution in [2.45, 2.75) is 19.9 Å². The molecule has 128 valence electrons. The molecule has 0 unspecified atom stereocenters. The molecule has 2 aromatic rings. The minimum absolute atomic E-state index is 0.280. The molecule has 0 spiro atoms. The maximum Gasteiger partial charge on any atom is 0.231 e. The van der Waals surface area contributed by atoms with Crippen LogP contribution in [0.5, 0.6) is 23.0 Å². The third-order valence-corrected chi connectivity index (χ3v) is 4.20. The third-order valence-electron chi connectivity index (χ3n) is 3.61. The van der Waals surface area contributed by atoms with Crippen LogP contribution in [0.3, 0.4) is 0 Å². The Labute approximate surface area is 150 Å². The van der Waals surface area contributed by atoms with E-state index in [1.54, 1.807) is 7.11 Å². The molecule has 0 fully saturated rings. The van der Waals surface area contributed by atoms with Crippen molar-refractivity contribution in [1.82, 2.24) is 0 Å². The molecule has 0 amide bonds. The Bertz CT molecular complexity index is 720. The Morgan fingerprint density at radius 3 is 2.79 bits per heavy atom. The van der Waals surface area contributed by atoms with Gasteiger partial charge in [-0.2, -0.15) is 0 Å². The lowest BCUT2D eigenvalue weighted by molar-refractivity contribution is 0.174. The van der Waals surface area contributed by atoms with Crippen LogP contribution in [-0.4, -0.2) is 20.5 Å². The molecule has 1 heterocycles. The predicted molar refractivity (Wildman–Crippen MR) is 96.4 cm³/mol. The summed E-state index contributed by atoms with van der Waals surface area (Å²) in [6, 6.07) is 9.83. The van der Waals surface area contributed by atoms with Gasteiger partial charge in [-0.1, -0.05) is 6.92 Å². The second kappa shape index (κ2) is 7.66. The van der Waals surface area contributed by atoms with Crippen molar-refractivity contribution >= 4 is 21.6 Å². The molecule has 2 aromatic carbocycles. The highest BCUT2D eigenvalue weighted by atomic mass is 79.9. The van der Waals surface area contributed by atoms with Crippen molar-refractivity contribution in [3.8, 4) is 23.0 Å². The average Bonchev–Trinajstić information content (AvgIpc) is 3.06. The monoisotopic (exact) mass is 393 g/mol. The summed E-state index contributed by atoms with van der Waals surface area (Å²) in [4.78, 5) is 0. The molecule has 1 aliphatic heterocycles. The van der Waals surface area contributed by atoms with Crippen LogP contribution in [0.1, 0.15) is 18.9 Å². The highest BCUT2D eigenvalue weighted by molar-refractivity contribution is 9.10. The Morgan fingerprint density at radius 1 is 1.17 bits per heavy atom. The van der Waals surface area contributed by atoms with Crippen molar-refractivity contribution in [2.24, 2.45) is 0 Å². The second-order valence-electron chi connectivity index (χ2n) is 5.38. The van der Waals surface area contributed by atoms with Gasteiger partial charge in [0.05, 0.1) is 18.2 Å². The Kier molecular flexibility index (Phi) is 5.35. The zero-order valence-corrected chi connectivity index (χ0v) is 15.3. The fourth-order valence-corrected chi connectivity index (χ4v) is 3.03. The quantitative estimate of drug-likeness (QED) is 0.745. The molecule has 5 nitrogen and oxygen atoms in total. The van der Waals surface area contributed by atoms with E-state index in [0.29, 0.717) is 13.2 Å². The summed E-state index contributed by atoms with van der Waals surface area (Å²) in [5.41, 5.74) is 2.06. The van der Waals surface area contributed by atoms with Crippen molar-refractivity contribution < 1.29 is 18.9 Å². The van der Waals surface area contributed by atoms with Gasteiger partial charge in [0.2, 0.25) is 6.79 Å². The normalized spacial score (nSPS) is 12.1. The zero-order chi connectivity index (χ0) is 16.9. The smallest absolute Gasteiger partial charge is 0.231 e. The van der Waals surface area contributed by atoms with E-state index in [-0.39, 0.29) is 6.79 Å². The van der Waals surface area contributed by atoms with E-state index in [0.717, 1.165) is 45.1 Å². The summed E-state index contributed by atoms with van der Waals surface area (Å²) >= 11 is 3.57. The largest absolute Gasteiger partial charge is 0.493 e. The molecule has 6 heteroatoms. The first-order valence-electron chi connectivity index (χ1n) is 7.84. The average molecular weight is 394 g/mol. The molecule has 24 heavy (non-hydrogen) atoms. The van der Waals surface area contributed by atoms with Gasteiger partial charge in [0.1, 0.15) is 0 Å². The molecule has 0 radical (unpaired) electrons. The molecule has 0 atom stereocenters. The lowest BCUT2D eigenvalue weighted by Crippen LogP contribution is -2.03. The molecular formula is C18H20BrNO4. The third kappa shape index (κ3) is 3.70. The van der Waals surface area contributed by atoms with Gasteiger partial charge >= 0.3 is 0 Å². The van der Waals surface area contributed by atoms with Crippen LogP contribution in [0.2, 0.25) is 0 Å². The van der Waals surface area contributed by atoms with Gasteiger partial charge in [0, 0.05) is 18.3 Å². The van der Waals surface area contributed by atoms with Crippen LogP contribution in [0.4, 0.5) is 5.69 Å². The number of fused-ring (bicyclic) bond motifs is 1. The number of rotatable bonds is 7. The van der Waals surface area contributed by atoms with E-state index in [1.165, 1.54) is 0 Å². The molecule has 0 saturated heterocycles. The summed E-state index contributed by atoms with van der Waals surface area (Å²) < 4.78 is 22.8. The van der Waals surface area contributed by atoms with Gasteiger partial charge in [0.25, 0.3) is 0 Å². The van der Waals surface area contributed by atoms with Crippen LogP contribution < -0.4 is 24.3 Å². The number of nitrogens with one attached hydrogen (secondary N) is 1. The van der Waals surface area contributed by atoms with Gasteiger partial charge in [-0.3, -0.25) is 0 Å². The molecule has 1 N–H and O–H groups in total. The van der Waals surface area contributed by atoms with Crippen molar-refractivity contribution in [2.75, 3.05) is 25.8 Å². The number of hydrogen-bond donors (Lipinski definition) is 1. The Hall–Kier alpha value is -2.08. The fraction of sp³-hybridized carbons (Fsp3) is 0.333. The maximum absolute atomic E-state index is 5.75. The van der Waals surface area contributed by atoms with Gasteiger partial charge in [-0.25, -0.2) is 0 Å². The molecule has 1 aliphatic rings.